The van der Waals surface area contributed by atoms with E-state index in [4.69, 9.17) is 4.74 Å². The van der Waals surface area contributed by atoms with Crippen molar-refractivity contribution in [2.24, 2.45) is 0 Å². The highest BCUT2D eigenvalue weighted by Crippen LogP contribution is 2.26. The summed E-state index contributed by atoms with van der Waals surface area (Å²) in [5, 5.41) is 2.94. The minimum Gasteiger partial charge on any atom is -0.494 e. The van der Waals surface area contributed by atoms with Gasteiger partial charge in [0.25, 0.3) is 10.0 Å². The molecular weight excluding hydrogens is 538 g/mol. The molecule has 0 unspecified atom stereocenters. The van der Waals surface area contributed by atoms with Crippen LogP contribution in [-0.4, -0.2) is 49.9 Å². The summed E-state index contributed by atoms with van der Waals surface area (Å²) in [6, 6.07) is 19.9. The van der Waals surface area contributed by atoms with Crippen LogP contribution in [0.4, 0.5) is 5.69 Å². The molecule has 0 saturated carbocycles. The topological polar surface area (TPSA) is 96.0 Å². The van der Waals surface area contributed by atoms with E-state index in [2.05, 4.69) is 5.32 Å². The quantitative estimate of drug-likeness (QED) is 0.336. The number of anilines is 1. The molecule has 41 heavy (non-hydrogen) atoms. The normalized spacial score (nSPS) is 12.4. The van der Waals surface area contributed by atoms with Gasteiger partial charge >= 0.3 is 0 Å². The molecule has 0 aliphatic carbocycles. The predicted octanol–water partition coefficient (Wildman–Crippen LogP) is 5.23. The number of benzene rings is 3. The van der Waals surface area contributed by atoms with Crippen molar-refractivity contribution < 1.29 is 22.7 Å². The van der Waals surface area contributed by atoms with Crippen LogP contribution < -0.4 is 14.4 Å². The first-order chi connectivity index (χ1) is 19.2. The smallest absolute Gasteiger partial charge is 0.264 e. The SMILES string of the molecule is CCOc1ccc(S(=O)(=O)N(CC(=O)N(Cc2ccc(C)cc2)[C@H](C)C(=O)NC(C)(C)C)c2ccc(C)cc2)cc1. The van der Waals surface area contributed by atoms with Gasteiger partial charge in [-0.15, -0.1) is 0 Å². The third-order valence-corrected chi connectivity index (χ3v) is 8.25. The standard InChI is InChI=1S/C32H41N3O5S/c1-8-40-28-17-19-29(20-18-28)41(38,39)35(27-15-11-24(3)12-16-27)22-30(36)34(21-26-13-9-23(2)10-14-26)25(4)31(37)33-32(5,6)7/h9-20,25H,8,21-22H2,1-7H3,(H,33,37)/t25-/m1/s1. The van der Waals surface area contributed by atoms with Crippen molar-refractivity contribution in [1.82, 2.24) is 10.2 Å². The Bertz CT molecular complexity index is 1430. The van der Waals surface area contributed by atoms with Gasteiger partial charge in [0.05, 0.1) is 17.2 Å². The number of carbonyl (C=O) groups is 2. The number of nitrogens with one attached hydrogen (secondary N) is 1. The molecule has 3 aromatic carbocycles. The van der Waals surface area contributed by atoms with Gasteiger partial charge < -0.3 is 15.0 Å². The molecule has 0 bridgehead atoms. The van der Waals surface area contributed by atoms with Crippen LogP contribution in [0.1, 0.15) is 51.3 Å². The monoisotopic (exact) mass is 579 g/mol. The lowest BCUT2D eigenvalue weighted by Gasteiger charge is -2.33. The van der Waals surface area contributed by atoms with Crippen molar-refractivity contribution in [3.8, 4) is 5.75 Å². The average Bonchev–Trinajstić information content (AvgIpc) is 2.91. The van der Waals surface area contributed by atoms with Crippen LogP contribution in [0.15, 0.2) is 77.7 Å². The van der Waals surface area contributed by atoms with Gasteiger partial charge in [0.15, 0.2) is 0 Å². The number of hydrogen-bond acceptors (Lipinski definition) is 5. The fourth-order valence-corrected chi connectivity index (χ4v) is 5.60. The summed E-state index contributed by atoms with van der Waals surface area (Å²) in [5.74, 6) is -0.279. The summed E-state index contributed by atoms with van der Waals surface area (Å²) in [5.41, 5.74) is 2.69. The molecule has 3 aromatic rings. The van der Waals surface area contributed by atoms with Crippen molar-refractivity contribution in [1.29, 1.82) is 0 Å². The Morgan fingerprint density at radius 2 is 1.41 bits per heavy atom. The number of nitrogens with zero attached hydrogens (tertiary/aromatic N) is 2. The molecule has 0 aromatic heterocycles. The second-order valence-electron chi connectivity index (χ2n) is 11.2. The number of carbonyl (C=O) groups excluding carboxylic acids is 2. The summed E-state index contributed by atoms with van der Waals surface area (Å²) >= 11 is 0. The van der Waals surface area contributed by atoms with Gasteiger partial charge in [0, 0.05) is 12.1 Å². The maximum absolute atomic E-state index is 14.0. The molecule has 0 aliphatic heterocycles. The molecule has 0 heterocycles. The van der Waals surface area contributed by atoms with Crippen molar-refractivity contribution in [2.75, 3.05) is 17.5 Å². The van der Waals surface area contributed by atoms with E-state index < -0.39 is 34.1 Å². The molecular formula is C32H41N3O5S. The number of ether oxygens (including phenoxy) is 1. The van der Waals surface area contributed by atoms with Crippen molar-refractivity contribution in [3.05, 3.63) is 89.5 Å². The largest absolute Gasteiger partial charge is 0.494 e. The van der Waals surface area contributed by atoms with E-state index in [1.165, 1.54) is 17.0 Å². The number of aryl methyl sites for hydroxylation is 2. The summed E-state index contributed by atoms with van der Waals surface area (Å²) < 4.78 is 34.5. The van der Waals surface area contributed by atoms with Gasteiger partial charge in [0.1, 0.15) is 18.3 Å². The molecule has 8 nitrogen and oxygen atoms in total. The Morgan fingerprint density at radius 3 is 1.93 bits per heavy atom. The van der Waals surface area contributed by atoms with Crippen LogP contribution in [-0.2, 0) is 26.2 Å². The molecule has 220 valence electrons. The van der Waals surface area contributed by atoms with E-state index >= 15 is 0 Å². The molecule has 0 aliphatic rings. The lowest BCUT2D eigenvalue weighted by Crippen LogP contribution is -2.54. The highest BCUT2D eigenvalue weighted by Gasteiger charge is 2.33. The van der Waals surface area contributed by atoms with Crippen LogP contribution in [0, 0.1) is 13.8 Å². The molecule has 0 radical (unpaired) electrons. The van der Waals surface area contributed by atoms with E-state index in [1.807, 2.05) is 65.8 Å². The first kappa shape index (κ1) is 31.7. The van der Waals surface area contributed by atoms with Crippen LogP contribution in [0.3, 0.4) is 0 Å². The Balaban J connectivity index is 2.02. The lowest BCUT2D eigenvalue weighted by atomic mass is 10.1. The maximum atomic E-state index is 14.0. The van der Waals surface area contributed by atoms with Crippen molar-refractivity contribution in [3.63, 3.8) is 0 Å². The zero-order chi connectivity index (χ0) is 30.4. The third-order valence-electron chi connectivity index (χ3n) is 6.46. The summed E-state index contributed by atoms with van der Waals surface area (Å²) in [7, 11) is -4.15. The molecule has 1 N–H and O–H groups in total. The predicted molar refractivity (Wildman–Crippen MR) is 162 cm³/mol. The van der Waals surface area contributed by atoms with Gasteiger partial charge in [-0.25, -0.2) is 8.42 Å². The first-order valence-corrected chi connectivity index (χ1v) is 15.1. The number of sulfonamides is 1. The Labute approximate surface area is 244 Å². The Morgan fingerprint density at radius 1 is 0.878 bits per heavy atom. The third kappa shape index (κ3) is 8.57. The Kier molecular flexibility index (Phi) is 10.2. The fraction of sp³-hybridized carbons (Fsp3) is 0.375. The zero-order valence-corrected chi connectivity index (χ0v) is 25.8. The van der Waals surface area contributed by atoms with Crippen LogP contribution in [0.2, 0.25) is 0 Å². The lowest BCUT2D eigenvalue weighted by molar-refractivity contribution is -0.140. The first-order valence-electron chi connectivity index (χ1n) is 13.7. The van der Waals surface area contributed by atoms with E-state index in [9.17, 15) is 18.0 Å². The Hall–Kier alpha value is -3.85. The van der Waals surface area contributed by atoms with E-state index in [-0.39, 0.29) is 17.3 Å². The van der Waals surface area contributed by atoms with Crippen molar-refractivity contribution in [2.45, 2.75) is 71.5 Å². The zero-order valence-electron chi connectivity index (χ0n) is 25.0. The van der Waals surface area contributed by atoms with E-state index in [0.717, 1.165) is 21.0 Å². The average molecular weight is 580 g/mol. The highest BCUT2D eigenvalue weighted by molar-refractivity contribution is 7.92. The summed E-state index contributed by atoms with van der Waals surface area (Å²) in [6.45, 7) is 13.1. The maximum Gasteiger partial charge on any atom is 0.264 e. The van der Waals surface area contributed by atoms with E-state index in [1.54, 1.807) is 43.3 Å². The molecule has 0 saturated heterocycles. The molecule has 9 heteroatoms. The van der Waals surface area contributed by atoms with Gasteiger partial charge in [0.2, 0.25) is 11.8 Å². The fourth-order valence-electron chi connectivity index (χ4n) is 4.19. The minimum absolute atomic E-state index is 0.0259. The second kappa shape index (κ2) is 13.2. The van der Waals surface area contributed by atoms with Crippen LogP contribution in [0.25, 0.3) is 0 Å². The van der Waals surface area contributed by atoms with Gasteiger partial charge in [-0.2, -0.15) is 0 Å². The number of rotatable bonds is 11. The molecule has 1 atom stereocenters. The molecule has 3 rings (SSSR count). The molecule has 0 fully saturated rings. The second-order valence-corrected chi connectivity index (χ2v) is 13.0. The minimum atomic E-state index is -4.15. The van der Waals surface area contributed by atoms with E-state index in [0.29, 0.717) is 18.0 Å². The van der Waals surface area contributed by atoms with Crippen LogP contribution in [0.5, 0.6) is 5.75 Å². The summed E-state index contributed by atoms with van der Waals surface area (Å²) in [6.07, 6.45) is 0. The van der Waals surface area contributed by atoms with Gasteiger partial charge in [-0.05, 0) is 90.4 Å². The van der Waals surface area contributed by atoms with Crippen molar-refractivity contribution >= 4 is 27.5 Å². The highest BCUT2D eigenvalue weighted by atomic mass is 32.2. The van der Waals surface area contributed by atoms with Gasteiger partial charge in [-0.3, -0.25) is 13.9 Å². The molecule has 2 amide bonds. The number of amides is 2. The summed E-state index contributed by atoms with van der Waals surface area (Å²) in [4.78, 5) is 28.7. The van der Waals surface area contributed by atoms with Gasteiger partial charge in [-0.1, -0.05) is 47.5 Å². The number of hydrogen-bond donors (Lipinski definition) is 1. The molecule has 0 spiro atoms. The van der Waals surface area contributed by atoms with Crippen LogP contribution >= 0.6 is 0 Å².